The summed E-state index contributed by atoms with van der Waals surface area (Å²) in [6.07, 6.45) is 0.688. The molecule has 0 unspecified atom stereocenters. The van der Waals surface area contributed by atoms with Gasteiger partial charge >= 0.3 is 0 Å². The summed E-state index contributed by atoms with van der Waals surface area (Å²) in [5.41, 5.74) is 1.44. The Morgan fingerprint density at radius 1 is 1.20 bits per heavy atom. The van der Waals surface area contributed by atoms with Crippen molar-refractivity contribution in [2.75, 3.05) is 13.2 Å². The van der Waals surface area contributed by atoms with Gasteiger partial charge in [-0.2, -0.15) is 0 Å². The van der Waals surface area contributed by atoms with Crippen LogP contribution in [0, 0.1) is 0 Å². The van der Waals surface area contributed by atoms with Crippen LogP contribution in [0.2, 0.25) is 0 Å². The number of rotatable bonds is 7. The van der Waals surface area contributed by atoms with Crippen molar-refractivity contribution in [3.8, 4) is 5.75 Å². The molecule has 1 aromatic rings. The zero-order valence-electron chi connectivity index (χ0n) is 13.5. The van der Waals surface area contributed by atoms with Crippen LogP contribution < -0.4 is 10.1 Å². The molecule has 0 spiro atoms. The minimum atomic E-state index is -0.425. The lowest BCUT2D eigenvalue weighted by molar-refractivity contribution is -0.691. The Kier molecular flexibility index (Phi) is 6.50. The van der Waals surface area contributed by atoms with E-state index in [-0.39, 0.29) is 5.41 Å². The molecule has 0 fully saturated rings. The first-order chi connectivity index (χ1) is 9.32. The fraction of sp³-hybridized carbons (Fsp3) is 0.647. The van der Waals surface area contributed by atoms with E-state index in [0.29, 0.717) is 19.2 Å². The molecule has 3 N–H and O–H groups in total. The van der Waals surface area contributed by atoms with Gasteiger partial charge in [-0.05, 0) is 36.5 Å². The first kappa shape index (κ1) is 17.0. The Hall–Kier alpha value is -1.06. The molecule has 0 aliphatic carbocycles. The Morgan fingerprint density at radius 2 is 1.80 bits per heavy atom. The van der Waals surface area contributed by atoms with Crippen molar-refractivity contribution in [1.82, 2.24) is 0 Å². The highest BCUT2D eigenvalue weighted by Gasteiger charge is 2.14. The molecule has 3 nitrogen and oxygen atoms in total. The molecular weight excluding hydrogens is 250 g/mol. The maximum absolute atomic E-state index is 9.88. The van der Waals surface area contributed by atoms with Crippen LogP contribution in [0.3, 0.4) is 0 Å². The van der Waals surface area contributed by atoms with E-state index < -0.39 is 6.10 Å². The standard InChI is InChI=1S/C17H29NO2/c1-6-13(2)18-11-15(19)12-20-16-9-7-14(8-10-16)17(3,4)5/h7-10,13,15,18-19H,6,11-12H2,1-5H3/p+1/t13-,15+/m1/s1. The van der Waals surface area contributed by atoms with Gasteiger partial charge in [0, 0.05) is 0 Å². The van der Waals surface area contributed by atoms with Crippen LogP contribution in [0.25, 0.3) is 0 Å². The summed E-state index contributed by atoms with van der Waals surface area (Å²) in [5.74, 6) is 0.820. The van der Waals surface area contributed by atoms with Crippen LogP contribution in [0.15, 0.2) is 24.3 Å². The molecule has 3 heteroatoms. The minimum absolute atomic E-state index is 0.156. The molecule has 20 heavy (non-hydrogen) atoms. The topological polar surface area (TPSA) is 46.1 Å². The maximum atomic E-state index is 9.88. The van der Waals surface area contributed by atoms with Gasteiger partial charge in [-0.1, -0.05) is 39.8 Å². The van der Waals surface area contributed by atoms with Crippen molar-refractivity contribution in [2.24, 2.45) is 0 Å². The van der Waals surface area contributed by atoms with E-state index in [0.717, 1.165) is 12.2 Å². The largest absolute Gasteiger partial charge is 0.491 e. The second-order valence-electron chi connectivity index (χ2n) is 6.60. The molecule has 0 aliphatic rings. The molecule has 0 saturated heterocycles. The number of hydrogen-bond donors (Lipinski definition) is 2. The molecular formula is C17H30NO2+. The third kappa shape index (κ3) is 5.93. The summed E-state index contributed by atoms with van der Waals surface area (Å²) in [4.78, 5) is 0. The average molecular weight is 280 g/mol. The number of aliphatic hydroxyl groups excluding tert-OH is 1. The zero-order valence-corrected chi connectivity index (χ0v) is 13.5. The van der Waals surface area contributed by atoms with Gasteiger partial charge in [0.1, 0.15) is 25.0 Å². The van der Waals surface area contributed by atoms with Crippen LogP contribution in [-0.4, -0.2) is 30.4 Å². The highest BCUT2D eigenvalue weighted by Crippen LogP contribution is 2.24. The Labute approximate surface area is 123 Å². The maximum Gasteiger partial charge on any atom is 0.137 e. The van der Waals surface area contributed by atoms with Gasteiger partial charge in [0.15, 0.2) is 0 Å². The van der Waals surface area contributed by atoms with Gasteiger partial charge < -0.3 is 15.2 Å². The van der Waals surface area contributed by atoms with Crippen molar-refractivity contribution in [3.05, 3.63) is 29.8 Å². The van der Waals surface area contributed by atoms with E-state index >= 15 is 0 Å². The van der Waals surface area contributed by atoms with Gasteiger partial charge in [-0.25, -0.2) is 0 Å². The first-order valence-electron chi connectivity index (χ1n) is 7.57. The zero-order chi connectivity index (χ0) is 15.2. The van der Waals surface area contributed by atoms with Crippen LogP contribution in [0.4, 0.5) is 0 Å². The second-order valence-corrected chi connectivity index (χ2v) is 6.60. The fourth-order valence-electron chi connectivity index (χ4n) is 1.87. The van der Waals surface area contributed by atoms with Crippen molar-refractivity contribution >= 4 is 0 Å². The van der Waals surface area contributed by atoms with Gasteiger partial charge in [0.05, 0.1) is 6.04 Å². The van der Waals surface area contributed by atoms with E-state index in [1.54, 1.807) is 0 Å². The van der Waals surface area contributed by atoms with Gasteiger partial charge in [-0.15, -0.1) is 0 Å². The molecule has 0 aromatic heterocycles. The highest BCUT2D eigenvalue weighted by atomic mass is 16.5. The van der Waals surface area contributed by atoms with Crippen molar-refractivity contribution in [3.63, 3.8) is 0 Å². The van der Waals surface area contributed by atoms with Crippen LogP contribution >= 0.6 is 0 Å². The summed E-state index contributed by atoms with van der Waals surface area (Å²) >= 11 is 0. The summed E-state index contributed by atoms with van der Waals surface area (Å²) < 4.78 is 5.63. The van der Waals surface area contributed by atoms with Crippen LogP contribution in [-0.2, 0) is 5.41 Å². The number of quaternary nitrogens is 1. The minimum Gasteiger partial charge on any atom is -0.491 e. The summed E-state index contributed by atoms with van der Waals surface area (Å²) in [6, 6.07) is 8.69. The summed E-state index contributed by atoms with van der Waals surface area (Å²) in [6.45, 7) is 11.9. The first-order valence-corrected chi connectivity index (χ1v) is 7.57. The summed E-state index contributed by atoms with van der Waals surface area (Å²) in [5, 5.41) is 12.0. The quantitative estimate of drug-likeness (QED) is 0.803. The molecule has 0 radical (unpaired) electrons. The molecule has 1 aromatic carbocycles. The van der Waals surface area contributed by atoms with Crippen molar-refractivity contribution in [1.29, 1.82) is 0 Å². The molecule has 0 saturated carbocycles. The lowest BCUT2D eigenvalue weighted by atomic mass is 9.87. The van der Waals surface area contributed by atoms with Crippen LogP contribution in [0.5, 0.6) is 5.75 Å². The summed E-state index contributed by atoms with van der Waals surface area (Å²) in [7, 11) is 0. The van der Waals surface area contributed by atoms with E-state index in [2.05, 4.69) is 52.1 Å². The monoisotopic (exact) mass is 280 g/mol. The van der Waals surface area contributed by atoms with E-state index in [4.69, 9.17) is 4.74 Å². The fourth-order valence-corrected chi connectivity index (χ4v) is 1.87. The molecule has 0 bridgehead atoms. The molecule has 0 amide bonds. The molecule has 1 rings (SSSR count). The Morgan fingerprint density at radius 3 is 2.30 bits per heavy atom. The number of aliphatic hydroxyl groups is 1. The Bertz CT molecular complexity index is 381. The van der Waals surface area contributed by atoms with Crippen molar-refractivity contribution < 1.29 is 15.2 Å². The number of hydrogen-bond acceptors (Lipinski definition) is 2. The number of ether oxygens (including phenoxy) is 1. The van der Waals surface area contributed by atoms with Crippen molar-refractivity contribution in [2.45, 2.75) is 58.6 Å². The number of benzene rings is 1. The van der Waals surface area contributed by atoms with E-state index in [1.165, 1.54) is 5.56 Å². The van der Waals surface area contributed by atoms with Gasteiger partial charge in [-0.3, -0.25) is 0 Å². The smallest absolute Gasteiger partial charge is 0.137 e. The van der Waals surface area contributed by atoms with Crippen LogP contribution in [0.1, 0.15) is 46.6 Å². The second kappa shape index (κ2) is 7.65. The molecule has 2 atom stereocenters. The normalized spacial score (nSPS) is 14.9. The third-order valence-corrected chi connectivity index (χ3v) is 3.62. The molecule has 114 valence electrons. The van der Waals surface area contributed by atoms with E-state index in [1.807, 2.05) is 12.1 Å². The third-order valence-electron chi connectivity index (χ3n) is 3.62. The van der Waals surface area contributed by atoms with Gasteiger partial charge in [0.25, 0.3) is 0 Å². The number of nitrogens with two attached hydrogens (primary N) is 1. The van der Waals surface area contributed by atoms with E-state index in [9.17, 15) is 5.11 Å². The lowest BCUT2D eigenvalue weighted by Crippen LogP contribution is -2.91. The lowest BCUT2D eigenvalue weighted by Gasteiger charge is -2.19. The predicted octanol–water partition coefficient (Wildman–Crippen LogP) is 2.09. The predicted molar refractivity (Wildman–Crippen MR) is 83.2 cm³/mol. The molecule has 0 aliphatic heterocycles. The average Bonchev–Trinajstić information content (AvgIpc) is 2.41. The van der Waals surface area contributed by atoms with Gasteiger partial charge in [0.2, 0.25) is 0 Å². The highest BCUT2D eigenvalue weighted by molar-refractivity contribution is 5.31. The molecule has 0 heterocycles. The SMILES string of the molecule is CC[C@@H](C)[NH2+]C[C@H](O)COc1ccc(C(C)(C)C)cc1. The Balaban J connectivity index is 2.38.